The van der Waals surface area contributed by atoms with Gasteiger partial charge in [0.25, 0.3) is 0 Å². The van der Waals surface area contributed by atoms with Gasteiger partial charge in [0.05, 0.1) is 13.2 Å². The second-order valence-corrected chi connectivity index (χ2v) is 7.61. The largest absolute Gasteiger partial charge is 0.379 e. The summed E-state index contributed by atoms with van der Waals surface area (Å²) in [5.74, 6) is 0.734. The van der Waals surface area contributed by atoms with Crippen molar-refractivity contribution < 1.29 is 4.74 Å². The molecule has 0 aromatic carbocycles. The van der Waals surface area contributed by atoms with Crippen LogP contribution in [0.4, 0.5) is 0 Å². The van der Waals surface area contributed by atoms with Gasteiger partial charge in [-0.3, -0.25) is 4.90 Å². The average molecular weight is 361 g/mol. The van der Waals surface area contributed by atoms with Crippen LogP contribution in [0.5, 0.6) is 0 Å². The average Bonchev–Trinajstić information content (AvgIpc) is 2.84. The van der Waals surface area contributed by atoms with Gasteiger partial charge in [0.15, 0.2) is 0 Å². The molecule has 1 unspecified atom stereocenters. The van der Waals surface area contributed by atoms with Gasteiger partial charge < -0.3 is 10.1 Å². The van der Waals surface area contributed by atoms with E-state index in [1.807, 2.05) is 11.3 Å². The van der Waals surface area contributed by atoms with Crippen molar-refractivity contribution in [1.29, 1.82) is 0 Å². The van der Waals surface area contributed by atoms with Gasteiger partial charge in [-0.2, -0.15) is 0 Å². The third-order valence-corrected chi connectivity index (χ3v) is 5.59. The van der Waals surface area contributed by atoms with Gasteiger partial charge in [-0.15, -0.1) is 11.3 Å². The molecule has 1 atom stereocenters. The lowest BCUT2D eigenvalue weighted by molar-refractivity contribution is 0.0123. The molecule has 1 aromatic heterocycles. The minimum atomic E-state index is 0.623. The number of hydrogen-bond acceptors (Lipinski definition) is 4. The minimum Gasteiger partial charge on any atom is -0.379 e. The van der Waals surface area contributed by atoms with Crippen LogP contribution in [0.25, 0.3) is 0 Å². The van der Waals surface area contributed by atoms with Crippen LogP contribution in [-0.4, -0.2) is 43.8 Å². The van der Waals surface area contributed by atoms with Gasteiger partial charge in [0, 0.05) is 41.6 Å². The zero-order valence-electron chi connectivity index (χ0n) is 12.4. The van der Waals surface area contributed by atoms with Gasteiger partial charge in [-0.1, -0.05) is 13.8 Å². The predicted octanol–water partition coefficient (Wildman–Crippen LogP) is 3.35. The molecule has 1 aliphatic rings. The number of halogens is 1. The number of hydrogen-bond donors (Lipinski definition) is 1. The monoisotopic (exact) mass is 360 g/mol. The lowest BCUT2D eigenvalue weighted by Crippen LogP contribution is -2.48. The van der Waals surface area contributed by atoms with Crippen LogP contribution < -0.4 is 5.32 Å². The summed E-state index contributed by atoms with van der Waals surface area (Å²) >= 11 is 5.40. The molecule has 5 heteroatoms. The van der Waals surface area contributed by atoms with E-state index in [1.165, 1.54) is 15.8 Å². The van der Waals surface area contributed by atoms with Crippen LogP contribution in [-0.2, 0) is 11.3 Å². The molecule has 20 heavy (non-hydrogen) atoms. The van der Waals surface area contributed by atoms with Crippen molar-refractivity contribution in [3.8, 4) is 0 Å². The van der Waals surface area contributed by atoms with Gasteiger partial charge in [0.2, 0.25) is 0 Å². The molecule has 0 amide bonds. The number of nitrogens with zero attached hydrogens (tertiary/aromatic N) is 1. The van der Waals surface area contributed by atoms with Gasteiger partial charge in [-0.25, -0.2) is 0 Å². The van der Waals surface area contributed by atoms with E-state index in [4.69, 9.17) is 4.74 Å². The van der Waals surface area contributed by atoms with E-state index >= 15 is 0 Å². The van der Waals surface area contributed by atoms with E-state index in [0.29, 0.717) is 6.04 Å². The molecule has 1 fully saturated rings. The SMILES string of the molecule is CC(C)CC(CNCc1sccc1Br)N1CCOCC1. The highest BCUT2D eigenvalue weighted by molar-refractivity contribution is 9.10. The van der Waals surface area contributed by atoms with Crippen LogP contribution in [0.3, 0.4) is 0 Å². The van der Waals surface area contributed by atoms with E-state index in [-0.39, 0.29) is 0 Å². The fourth-order valence-electron chi connectivity index (χ4n) is 2.65. The first-order chi connectivity index (χ1) is 9.66. The molecule has 0 aliphatic carbocycles. The number of ether oxygens (including phenoxy) is 1. The van der Waals surface area contributed by atoms with Crippen molar-refractivity contribution in [2.24, 2.45) is 5.92 Å². The highest BCUT2D eigenvalue weighted by atomic mass is 79.9. The van der Waals surface area contributed by atoms with Crippen molar-refractivity contribution in [2.75, 3.05) is 32.8 Å². The number of rotatable bonds is 7. The van der Waals surface area contributed by atoms with Crippen molar-refractivity contribution in [3.05, 3.63) is 20.8 Å². The van der Waals surface area contributed by atoms with E-state index in [1.54, 1.807) is 0 Å². The molecule has 1 N–H and O–H groups in total. The maximum Gasteiger partial charge on any atom is 0.0594 e. The highest BCUT2D eigenvalue weighted by Gasteiger charge is 2.21. The molecule has 114 valence electrons. The van der Waals surface area contributed by atoms with Crippen molar-refractivity contribution in [1.82, 2.24) is 10.2 Å². The van der Waals surface area contributed by atoms with Gasteiger partial charge in [0.1, 0.15) is 0 Å². The highest BCUT2D eigenvalue weighted by Crippen LogP contribution is 2.22. The fraction of sp³-hybridized carbons (Fsp3) is 0.733. The van der Waals surface area contributed by atoms with Crippen LogP contribution in [0, 0.1) is 5.92 Å². The first-order valence-electron chi connectivity index (χ1n) is 7.41. The second-order valence-electron chi connectivity index (χ2n) is 5.75. The molecule has 3 nitrogen and oxygen atoms in total. The molecule has 1 aromatic rings. The molecule has 2 rings (SSSR count). The lowest BCUT2D eigenvalue weighted by Gasteiger charge is -2.35. The molecule has 2 heterocycles. The first-order valence-corrected chi connectivity index (χ1v) is 9.08. The third-order valence-electron chi connectivity index (χ3n) is 3.66. The summed E-state index contributed by atoms with van der Waals surface area (Å²) in [6, 6.07) is 2.74. The summed E-state index contributed by atoms with van der Waals surface area (Å²) in [5, 5.41) is 5.76. The Kier molecular flexibility index (Phi) is 6.97. The molecular weight excluding hydrogens is 336 g/mol. The van der Waals surface area contributed by atoms with Gasteiger partial charge in [-0.05, 0) is 39.7 Å². The van der Waals surface area contributed by atoms with Crippen LogP contribution in [0.2, 0.25) is 0 Å². The molecule has 0 saturated carbocycles. The van der Waals surface area contributed by atoms with E-state index in [9.17, 15) is 0 Å². The Morgan fingerprint density at radius 3 is 2.75 bits per heavy atom. The molecule has 0 spiro atoms. The molecule has 0 radical (unpaired) electrons. The Morgan fingerprint density at radius 1 is 1.40 bits per heavy atom. The Labute approximate surface area is 134 Å². The zero-order valence-corrected chi connectivity index (χ0v) is 14.8. The Bertz CT molecular complexity index is 391. The molecule has 1 aliphatic heterocycles. The first kappa shape index (κ1) is 16.4. The van der Waals surface area contributed by atoms with Crippen molar-refractivity contribution >= 4 is 27.3 Å². The summed E-state index contributed by atoms with van der Waals surface area (Å²) in [5.41, 5.74) is 0. The Hall–Kier alpha value is 0.0600. The topological polar surface area (TPSA) is 24.5 Å². The Morgan fingerprint density at radius 2 is 2.15 bits per heavy atom. The zero-order chi connectivity index (χ0) is 14.4. The number of morpholine rings is 1. The number of nitrogens with one attached hydrogen (secondary N) is 1. The third kappa shape index (κ3) is 5.11. The Balaban J connectivity index is 1.82. The van der Waals surface area contributed by atoms with Crippen LogP contribution >= 0.6 is 27.3 Å². The summed E-state index contributed by atoms with van der Waals surface area (Å²) in [4.78, 5) is 3.97. The lowest BCUT2D eigenvalue weighted by atomic mass is 10.0. The van der Waals surface area contributed by atoms with Crippen molar-refractivity contribution in [3.63, 3.8) is 0 Å². The maximum absolute atomic E-state index is 5.47. The van der Waals surface area contributed by atoms with Crippen LogP contribution in [0.15, 0.2) is 15.9 Å². The summed E-state index contributed by atoms with van der Waals surface area (Å²) in [6.45, 7) is 10.5. The molecule has 0 bridgehead atoms. The number of thiophene rings is 1. The normalized spacial score (nSPS) is 18.6. The second kappa shape index (κ2) is 8.49. The van der Waals surface area contributed by atoms with E-state index in [2.05, 4.69) is 51.4 Å². The predicted molar refractivity (Wildman–Crippen MR) is 89.4 cm³/mol. The van der Waals surface area contributed by atoms with E-state index < -0.39 is 0 Å². The smallest absolute Gasteiger partial charge is 0.0594 e. The quantitative estimate of drug-likeness (QED) is 0.806. The molecule has 1 saturated heterocycles. The summed E-state index contributed by atoms with van der Waals surface area (Å²) in [7, 11) is 0. The van der Waals surface area contributed by atoms with Crippen molar-refractivity contribution in [2.45, 2.75) is 32.9 Å². The summed E-state index contributed by atoms with van der Waals surface area (Å²) < 4.78 is 6.69. The standard InChI is InChI=1S/C15H25BrN2OS/c1-12(2)9-13(18-4-6-19-7-5-18)10-17-11-15-14(16)3-8-20-15/h3,8,12-13,17H,4-7,9-11H2,1-2H3. The van der Waals surface area contributed by atoms with E-state index in [0.717, 1.165) is 45.3 Å². The van der Waals surface area contributed by atoms with Gasteiger partial charge >= 0.3 is 0 Å². The molecular formula is C15H25BrN2OS. The maximum atomic E-state index is 5.47. The van der Waals surface area contributed by atoms with Crippen LogP contribution in [0.1, 0.15) is 25.1 Å². The fourth-order valence-corrected chi connectivity index (χ4v) is 4.11. The minimum absolute atomic E-state index is 0.623. The summed E-state index contributed by atoms with van der Waals surface area (Å²) in [6.07, 6.45) is 1.25.